The summed E-state index contributed by atoms with van der Waals surface area (Å²) in [5, 5.41) is 3.48. The predicted octanol–water partition coefficient (Wildman–Crippen LogP) is 2.07. The Bertz CT molecular complexity index is 319. The van der Waals surface area contributed by atoms with E-state index in [0.29, 0.717) is 6.04 Å². The molecule has 1 aliphatic rings. The van der Waals surface area contributed by atoms with E-state index in [1.807, 2.05) is 12.3 Å². The molecule has 3 heteroatoms. The first-order valence-corrected chi connectivity index (χ1v) is 6.59. The number of nitrogens with one attached hydrogen (secondary N) is 1. The number of hydrogen-bond donors (Lipinski definition) is 1. The molecule has 1 aliphatic heterocycles. The minimum atomic E-state index is 0.401. The summed E-state index contributed by atoms with van der Waals surface area (Å²) in [6.45, 7) is 5.75. The van der Waals surface area contributed by atoms with E-state index in [-0.39, 0.29) is 0 Å². The molecule has 0 aliphatic carbocycles. The van der Waals surface area contributed by atoms with E-state index in [0.717, 1.165) is 12.5 Å². The normalized spacial score (nSPS) is 22.6. The van der Waals surface area contributed by atoms with E-state index in [2.05, 4.69) is 41.3 Å². The molecule has 0 radical (unpaired) electrons. The molecule has 94 valence electrons. The lowest BCUT2D eigenvalue weighted by Gasteiger charge is -2.31. The van der Waals surface area contributed by atoms with E-state index < -0.39 is 0 Å². The first kappa shape index (κ1) is 12.5. The lowest BCUT2D eigenvalue weighted by atomic mass is 9.98. The van der Waals surface area contributed by atoms with E-state index in [4.69, 9.17) is 0 Å². The zero-order valence-electron chi connectivity index (χ0n) is 10.9. The summed E-state index contributed by atoms with van der Waals surface area (Å²) in [5.41, 5.74) is 1.17. The molecule has 0 saturated carbocycles. The fourth-order valence-corrected chi connectivity index (χ4v) is 2.49. The lowest BCUT2D eigenvalue weighted by molar-refractivity contribution is 0.196. The van der Waals surface area contributed by atoms with Gasteiger partial charge < -0.3 is 5.32 Å². The van der Waals surface area contributed by atoms with Crippen LogP contribution in [0.4, 0.5) is 0 Å². The van der Waals surface area contributed by atoms with Gasteiger partial charge in [-0.1, -0.05) is 6.07 Å². The van der Waals surface area contributed by atoms with Crippen molar-refractivity contribution in [3.8, 4) is 0 Å². The average molecular weight is 233 g/mol. The highest BCUT2D eigenvalue weighted by Crippen LogP contribution is 2.19. The third-order valence-corrected chi connectivity index (χ3v) is 3.72. The first-order valence-electron chi connectivity index (χ1n) is 6.59. The van der Waals surface area contributed by atoms with Crippen LogP contribution in [0.15, 0.2) is 24.4 Å². The number of aromatic nitrogens is 1. The molecule has 0 bridgehead atoms. The SMILES string of the molecule is C[C@@H](c1ccccn1)N(C)C[C@H]1CCCNC1. The summed E-state index contributed by atoms with van der Waals surface area (Å²) in [6, 6.07) is 6.55. The summed E-state index contributed by atoms with van der Waals surface area (Å²) in [4.78, 5) is 6.85. The van der Waals surface area contributed by atoms with Crippen molar-refractivity contribution >= 4 is 0 Å². The fourth-order valence-electron chi connectivity index (χ4n) is 2.49. The minimum Gasteiger partial charge on any atom is -0.316 e. The van der Waals surface area contributed by atoms with Gasteiger partial charge in [-0.15, -0.1) is 0 Å². The van der Waals surface area contributed by atoms with Crippen LogP contribution >= 0.6 is 0 Å². The maximum atomic E-state index is 4.44. The van der Waals surface area contributed by atoms with Crippen molar-refractivity contribution in [2.45, 2.75) is 25.8 Å². The van der Waals surface area contributed by atoms with E-state index >= 15 is 0 Å². The molecule has 2 atom stereocenters. The molecule has 1 aromatic heterocycles. The number of hydrogen-bond acceptors (Lipinski definition) is 3. The average Bonchev–Trinajstić information content (AvgIpc) is 2.40. The fraction of sp³-hybridized carbons (Fsp3) is 0.643. The van der Waals surface area contributed by atoms with Gasteiger partial charge in [0.2, 0.25) is 0 Å². The van der Waals surface area contributed by atoms with Gasteiger partial charge in [0.05, 0.1) is 5.69 Å². The molecule has 1 N–H and O–H groups in total. The molecule has 3 nitrogen and oxygen atoms in total. The van der Waals surface area contributed by atoms with Crippen LogP contribution < -0.4 is 5.32 Å². The predicted molar refractivity (Wildman–Crippen MR) is 70.9 cm³/mol. The zero-order valence-corrected chi connectivity index (χ0v) is 10.9. The highest BCUT2D eigenvalue weighted by molar-refractivity contribution is 5.07. The maximum Gasteiger partial charge on any atom is 0.0572 e. The molecular weight excluding hydrogens is 210 g/mol. The molecule has 1 saturated heterocycles. The standard InChI is InChI=1S/C14H23N3/c1-12(14-7-3-4-9-16-14)17(2)11-13-6-5-8-15-10-13/h3-4,7,9,12-13,15H,5-6,8,10-11H2,1-2H3/t12-,13-/m0/s1. The lowest BCUT2D eigenvalue weighted by Crippen LogP contribution is -2.37. The summed E-state index contributed by atoms with van der Waals surface area (Å²) in [7, 11) is 2.20. The second-order valence-electron chi connectivity index (χ2n) is 5.08. The second kappa shape index (κ2) is 6.12. The largest absolute Gasteiger partial charge is 0.316 e. The van der Waals surface area contributed by atoms with Crippen molar-refractivity contribution in [2.75, 3.05) is 26.7 Å². The van der Waals surface area contributed by atoms with Gasteiger partial charge in [0, 0.05) is 18.8 Å². The molecular formula is C14H23N3. The van der Waals surface area contributed by atoms with Crippen LogP contribution in [0.2, 0.25) is 0 Å². The Morgan fingerprint density at radius 2 is 2.41 bits per heavy atom. The summed E-state index contributed by atoms with van der Waals surface area (Å²) < 4.78 is 0. The number of piperidine rings is 1. The van der Waals surface area contributed by atoms with Crippen molar-refractivity contribution < 1.29 is 0 Å². The molecule has 1 fully saturated rings. The van der Waals surface area contributed by atoms with E-state index in [1.54, 1.807) is 0 Å². The molecule has 0 amide bonds. The van der Waals surface area contributed by atoms with Crippen LogP contribution in [-0.2, 0) is 0 Å². The van der Waals surface area contributed by atoms with Crippen molar-refractivity contribution in [3.05, 3.63) is 30.1 Å². The monoisotopic (exact) mass is 233 g/mol. The zero-order chi connectivity index (χ0) is 12.1. The van der Waals surface area contributed by atoms with Crippen LogP contribution in [0.1, 0.15) is 31.5 Å². The third-order valence-electron chi connectivity index (χ3n) is 3.72. The van der Waals surface area contributed by atoms with Gasteiger partial charge in [0.25, 0.3) is 0 Å². The van der Waals surface area contributed by atoms with Crippen LogP contribution in [0.25, 0.3) is 0 Å². The Kier molecular flexibility index (Phi) is 4.51. The summed E-state index contributed by atoms with van der Waals surface area (Å²) >= 11 is 0. The van der Waals surface area contributed by atoms with Gasteiger partial charge in [-0.2, -0.15) is 0 Å². The number of rotatable bonds is 4. The smallest absolute Gasteiger partial charge is 0.0572 e. The van der Waals surface area contributed by atoms with Crippen molar-refractivity contribution in [2.24, 2.45) is 5.92 Å². The molecule has 0 unspecified atom stereocenters. The van der Waals surface area contributed by atoms with E-state index in [9.17, 15) is 0 Å². The van der Waals surface area contributed by atoms with Crippen LogP contribution in [0.5, 0.6) is 0 Å². The van der Waals surface area contributed by atoms with Crippen LogP contribution in [0.3, 0.4) is 0 Å². The van der Waals surface area contributed by atoms with Gasteiger partial charge in [-0.25, -0.2) is 0 Å². The van der Waals surface area contributed by atoms with Gasteiger partial charge >= 0.3 is 0 Å². The Morgan fingerprint density at radius 1 is 1.53 bits per heavy atom. The molecule has 2 heterocycles. The Morgan fingerprint density at radius 3 is 3.06 bits per heavy atom. The highest BCUT2D eigenvalue weighted by Gasteiger charge is 2.19. The highest BCUT2D eigenvalue weighted by atomic mass is 15.1. The van der Waals surface area contributed by atoms with Gasteiger partial charge in [-0.05, 0) is 58.0 Å². The van der Waals surface area contributed by atoms with Crippen molar-refractivity contribution in [3.63, 3.8) is 0 Å². The Labute approximate surface area is 104 Å². The number of nitrogens with zero attached hydrogens (tertiary/aromatic N) is 2. The quantitative estimate of drug-likeness (QED) is 0.863. The van der Waals surface area contributed by atoms with Gasteiger partial charge in [0.15, 0.2) is 0 Å². The second-order valence-corrected chi connectivity index (χ2v) is 5.08. The molecule has 0 spiro atoms. The van der Waals surface area contributed by atoms with Crippen molar-refractivity contribution in [1.82, 2.24) is 15.2 Å². The Balaban J connectivity index is 1.88. The molecule has 0 aromatic carbocycles. The number of pyridine rings is 1. The first-order chi connectivity index (χ1) is 8.27. The maximum absolute atomic E-state index is 4.44. The van der Waals surface area contributed by atoms with Gasteiger partial charge in [0.1, 0.15) is 0 Å². The van der Waals surface area contributed by atoms with Crippen molar-refractivity contribution in [1.29, 1.82) is 0 Å². The molecule has 2 rings (SSSR count). The Hall–Kier alpha value is -0.930. The summed E-state index contributed by atoms with van der Waals surface area (Å²) in [6.07, 6.45) is 4.55. The van der Waals surface area contributed by atoms with E-state index in [1.165, 1.54) is 31.6 Å². The minimum absolute atomic E-state index is 0.401. The van der Waals surface area contributed by atoms with Crippen LogP contribution in [0, 0.1) is 5.92 Å². The molecule has 1 aromatic rings. The summed E-state index contributed by atoms with van der Waals surface area (Å²) in [5.74, 6) is 0.792. The third kappa shape index (κ3) is 3.51. The van der Waals surface area contributed by atoms with Crippen LogP contribution in [-0.4, -0.2) is 36.6 Å². The topological polar surface area (TPSA) is 28.2 Å². The van der Waals surface area contributed by atoms with Gasteiger partial charge in [-0.3, -0.25) is 9.88 Å². The molecule has 17 heavy (non-hydrogen) atoms.